The number of nitrogens with zero attached hydrogens (tertiary/aromatic N) is 1. The molecule has 0 aromatic heterocycles. The van der Waals surface area contributed by atoms with Gasteiger partial charge in [-0.15, -0.1) is 0 Å². The third-order valence-corrected chi connectivity index (χ3v) is 15.2. The molecule has 0 radical (unpaired) electrons. The van der Waals surface area contributed by atoms with E-state index < -0.39 is 0 Å². The van der Waals surface area contributed by atoms with Crippen LogP contribution in [0.5, 0.6) is 0 Å². The number of hydrogen-bond acceptors (Lipinski definition) is 4. The summed E-state index contributed by atoms with van der Waals surface area (Å²) in [6.45, 7) is 20.0. The largest absolute Gasteiger partial charge is 0.462 e. The minimum atomic E-state index is -0.350. The van der Waals surface area contributed by atoms with Crippen molar-refractivity contribution in [2.75, 3.05) is 13.1 Å². The summed E-state index contributed by atoms with van der Waals surface area (Å²) in [6.07, 6.45) is 15.8. The highest BCUT2D eigenvalue weighted by Gasteiger charge is 2.70. The molecule has 0 unspecified atom stereocenters. The van der Waals surface area contributed by atoms with Crippen molar-refractivity contribution < 1.29 is 19.1 Å². The van der Waals surface area contributed by atoms with Gasteiger partial charge in [0.25, 0.3) is 0 Å². The van der Waals surface area contributed by atoms with Crippen molar-refractivity contribution in [3.63, 3.8) is 0 Å². The van der Waals surface area contributed by atoms with Gasteiger partial charge in [0, 0.05) is 36.8 Å². The maximum absolute atomic E-state index is 14.7. The Bertz CT molecular complexity index is 1210. The van der Waals surface area contributed by atoms with E-state index in [0.29, 0.717) is 17.6 Å². The molecule has 5 aliphatic carbocycles. The molecule has 0 aromatic carbocycles. The summed E-state index contributed by atoms with van der Waals surface area (Å²) in [6, 6.07) is 0. The first-order valence-corrected chi connectivity index (χ1v) is 17.7. The fourth-order valence-corrected chi connectivity index (χ4v) is 12.4. The van der Waals surface area contributed by atoms with Crippen LogP contribution in [0.15, 0.2) is 11.6 Å². The highest BCUT2D eigenvalue weighted by Crippen LogP contribution is 2.75. The molecule has 4 saturated carbocycles. The zero-order valence-electron chi connectivity index (χ0n) is 28.6. The van der Waals surface area contributed by atoms with Gasteiger partial charge >= 0.3 is 5.97 Å². The number of amides is 1. The van der Waals surface area contributed by atoms with E-state index in [2.05, 4.69) is 59.4 Å². The Morgan fingerprint density at radius 3 is 2.14 bits per heavy atom. The van der Waals surface area contributed by atoms with Gasteiger partial charge in [-0.25, -0.2) is 0 Å². The number of likely N-dealkylation sites (tertiary alicyclic amines) is 1. The van der Waals surface area contributed by atoms with Crippen LogP contribution in [-0.4, -0.2) is 41.8 Å². The maximum atomic E-state index is 14.7. The van der Waals surface area contributed by atoms with Crippen LogP contribution in [0.25, 0.3) is 0 Å². The summed E-state index contributed by atoms with van der Waals surface area (Å²) in [5, 5.41) is 0. The third-order valence-electron chi connectivity index (χ3n) is 15.2. The van der Waals surface area contributed by atoms with Crippen molar-refractivity contribution in [2.45, 2.75) is 145 Å². The lowest BCUT2D eigenvalue weighted by molar-refractivity contribution is -0.210. The third kappa shape index (κ3) is 4.46. The summed E-state index contributed by atoms with van der Waals surface area (Å²) in [5.74, 6) is 1.09. The topological polar surface area (TPSA) is 63.7 Å². The van der Waals surface area contributed by atoms with Gasteiger partial charge in [-0.2, -0.15) is 0 Å². The van der Waals surface area contributed by atoms with Gasteiger partial charge in [-0.3, -0.25) is 14.4 Å². The molecule has 240 valence electrons. The molecule has 43 heavy (non-hydrogen) atoms. The number of hydrogen-bond donors (Lipinski definition) is 0. The number of carbonyl (C=O) groups is 3. The highest BCUT2D eigenvalue weighted by atomic mass is 16.5. The first kappa shape index (κ1) is 31.3. The first-order valence-electron chi connectivity index (χ1n) is 17.7. The van der Waals surface area contributed by atoms with Gasteiger partial charge in [0.05, 0.1) is 0 Å². The molecule has 1 aliphatic heterocycles. The van der Waals surface area contributed by atoms with Crippen molar-refractivity contribution >= 4 is 17.7 Å². The minimum absolute atomic E-state index is 0.0249. The van der Waals surface area contributed by atoms with Gasteiger partial charge in [0.2, 0.25) is 5.91 Å². The quantitative estimate of drug-likeness (QED) is 0.302. The second-order valence-corrected chi connectivity index (χ2v) is 17.9. The molecule has 5 nitrogen and oxygen atoms in total. The van der Waals surface area contributed by atoms with Crippen LogP contribution in [-0.2, 0) is 19.1 Å². The standard InChI is InChI=1S/C38H59NO4/c1-25(40)43-30-14-15-36(6)29(33(30,2)3)13-16-38(8)31(36)28(41)23-26-27-24-35(5,32(42)39-21-11-9-10-12-22-39)18-17-34(27,4)19-20-37(26,38)7/h23,27,29-31H,9-22,24H2,1-8H3/t27-,29+,30+,31+,34-,35+,36+,37-,38+/m0/s1. The Kier molecular flexibility index (Phi) is 7.42. The second-order valence-electron chi connectivity index (χ2n) is 17.9. The van der Waals surface area contributed by atoms with E-state index in [9.17, 15) is 14.4 Å². The van der Waals surface area contributed by atoms with E-state index in [1.165, 1.54) is 31.8 Å². The molecule has 1 amide bonds. The average Bonchev–Trinajstić information content (AvgIpc) is 3.21. The summed E-state index contributed by atoms with van der Waals surface area (Å²) < 4.78 is 5.89. The van der Waals surface area contributed by atoms with Crippen LogP contribution < -0.4 is 0 Å². The number of ether oxygens (including phenoxy) is 1. The molecular formula is C38H59NO4. The average molecular weight is 594 g/mol. The van der Waals surface area contributed by atoms with Gasteiger partial charge < -0.3 is 9.64 Å². The Hall–Kier alpha value is -1.65. The monoisotopic (exact) mass is 593 g/mol. The molecule has 6 rings (SSSR count). The lowest BCUT2D eigenvalue weighted by Gasteiger charge is -2.70. The van der Waals surface area contributed by atoms with Crippen LogP contribution in [0, 0.1) is 50.2 Å². The molecular weight excluding hydrogens is 534 g/mol. The molecule has 5 fully saturated rings. The van der Waals surface area contributed by atoms with Gasteiger partial charge in [-0.05, 0) is 110 Å². The fraction of sp³-hybridized carbons (Fsp3) is 0.868. The van der Waals surface area contributed by atoms with Crippen molar-refractivity contribution in [3.05, 3.63) is 11.6 Å². The molecule has 6 aliphatic rings. The van der Waals surface area contributed by atoms with Gasteiger partial charge in [0.15, 0.2) is 5.78 Å². The van der Waals surface area contributed by atoms with Crippen LogP contribution >= 0.6 is 0 Å². The van der Waals surface area contributed by atoms with E-state index in [-0.39, 0.29) is 56.4 Å². The van der Waals surface area contributed by atoms with Crippen LogP contribution in [0.3, 0.4) is 0 Å². The van der Waals surface area contributed by atoms with Crippen LogP contribution in [0.1, 0.15) is 139 Å². The summed E-state index contributed by atoms with van der Waals surface area (Å²) in [7, 11) is 0. The highest BCUT2D eigenvalue weighted by molar-refractivity contribution is 5.95. The number of esters is 1. The number of carbonyl (C=O) groups excluding carboxylic acids is 3. The predicted molar refractivity (Wildman–Crippen MR) is 170 cm³/mol. The Labute approximate surface area is 261 Å². The van der Waals surface area contributed by atoms with Crippen molar-refractivity contribution in [3.8, 4) is 0 Å². The maximum Gasteiger partial charge on any atom is 0.302 e. The molecule has 9 atom stereocenters. The molecule has 5 heteroatoms. The number of ketones is 1. The van der Waals surface area contributed by atoms with Crippen LogP contribution in [0.4, 0.5) is 0 Å². The minimum Gasteiger partial charge on any atom is -0.462 e. The van der Waals surface area contributed by atoms with E-state index in [4.69, 9.17) is 4.74 Å². The molecule has 0 spiro atoms. The zero-order valence-corrected chi connectivity index (χ0v) is 28.6. The molecule has 0 bridgehead atoms. The van der Waals surface area contributed by atoms with E-state index in [1.807, 2.05) is 0 Å². The smallest absolute Gasteiger partial charge is 0.302 e. The van der Waals surface area contributed by atoms with Crippen molar-refractivity contribution in [2.24, 2.45) is 50.2 Å². The van der Waals surface area contributed by atoms with Gasteiger partial charge in [-0.1, -0.05) is 66.9 Å². The lowest BCUT2D eigenvalue weighted by atomic mass is 9.33. The van der Waals surface area contributed by atoms with Crippen molar-refractivity contribution in [1.29, 1.82) is 0 Å². The Morgan fingerprint density at radius 2 is 1.49 bits per heavy atom. The van der Waals surface area contributed by atoms with E-state index in [0.717, 1.165) is 77.3 Å². The summed E-state index contributed by atoms with van der Waals surface area (Å²) >= 11 is 0. The van der Waals surface area contributed by atoms with Gasteiger partial charge in [0.1, 0.15) is 6.10 Å². The second kappa shape index (κ2) is 10.2. The normalized spacial score (nSPS) is 47.6. The SMILES string of the molecule is CC(=O)O[C@@H]1CC[C@]2(C)[C@H](CC[C@]3(C)[C@@H]2C(=O)C=C2[C@@H]4C[C@](C)(C(=O)N5CCCCCC5)CC[C@@]4(C)CC[C@@]23C)C1(C)C. The molecule has 1 heterocycles. The molecule has 0 aromatic rings. The number of rotatable bonds is 2. The first-order chi connectivity index (χ1) is 20.0. The summed E-state index contributed by atoms with van der Waals surface area (Å²) in [5.41, 5.74) is 0.720. The Balaban J connectivity index is 1.36. The van der Waals surface area contributed by atoms with E-state index in [1.54, 1.807) is 0 Å². The summed E-state index contributed by atoms with van der Waals surface area (Å²) in [4.78, 5) is 43.0. The zero-order chi connectivity index (χ0) is 31.2. The molecule has 0 N–H and O–H groups in total. The number of fused-ring (bicyclic) bond motifs is 7. The van der Waals surface area contributed by atoms with Crippen molar-refractivity contribution in [1.82, 2.24) is 4.90 Å². The Morgan fingerprint density at radius 1 is 0.837 bits per heavy atom. The lowest BCUT2D eigenvalue weighted by Crippen LogP contribution is -2.66. The fourth-order valence-electron chi connectivity index (χ4n) is 12.4. The van der Waals surface area contributed by atoms with E-state index >= 15 is 0 Å². The van der Waals surface area contributed by atoms with Crippen LogP contribution in [0.2, 0.25) is 0 Å². The molecule has 1 saturated heterocycles. The number of allylic oxidation sites excluding steroid dienone is 2. The predicted octanol–water partition coefficient (Wildman–Crippen LogP) is 8.30.